The molecular formula is C116H160. The number of aryl methyl sites for hydroxylation is 6. The molecule has 0 heterocycles. The van der Waals surface area contributed by atoms with E-state index in [1.54, 1.807) is 0 Å². The average Bonchev–Trinajstić information content (AvgIpc) is 0.852. The van der Waals surface area contributed by atoms with E-state index in [1.807, 2.05) is 0 Å². The highest BCUT2D eigenvalue weighted by atomic mass is 14.2. The maximum absolute atomic E-state index is 2.34. The minimum Gasteiger partial charge on any atom is -0.0622 e. The van der Waals surface area contributed by atoms with E-state index in [1.165, 1.54) is 203 Å². The van der Waals surface area contributed by atoms with Crippen LogP contribution in [0.4, 0.5) is 0 Å². The molecule has 12 aromatic carbocycles. The molecular weight excluding hydrogens is 1390 g/mol. The van der Waals surface area contributed by atoms with E-state index >= 15 is 0 Å². The van der Waals surface area contributed by atoms with Gasteiger partial charge in [0.15, 0.2) is 0 Å². The third-order valence-corrected chi connectivity index (χ3v) is 20.5. The molecule has 0 fully saturated rings. The Bertz CT molecular complexity index is 4570. The molecule has 12 rings (SSSR count). The van der Waals surface area contributed by atoms with Crippen LogP contribution in [-0.2, 0) is 51.4 Å². The first-order valence-corrected chi connectivity index (χ1v) is 44.6. The summed E-state index contributed by atoms with van der Waals surface area (Å²) in [4.78, 5) is 0. The van der Waals surface area contributed by atoms with E-state index in [2.05, 4.69) is 457 Å². The molecule has 0 aliphatic rings. The average molecular weight is 1550 g/mol. The Balaban J connectivity index is 0.000000238. The van der Waals surface area contributed by atoms with Gasteiger partial charge < -0.3 is 0 Å². The number of hydrogen-bond acceptors (Lipinski definition) is 0. The summed E-state index contributed by atoms with van der Waals surface area (Å²) in [5.41, 5.74) is 15.2. The summed E-state index contributed by atoms with van der Waals surface area (Å²) in [7, 11) is 0. The first-order chi connectivity index (χ1) is 54.5. The molecule has 0 radical (unpaired) electrons. The summed E-state index contributed by atoms with van der Waals surface area (Å²) < 4.78 is 0. The molecule has 0 atom stereocenters. The molecule has 116 heavy (non-hydrogen) atoms. The van der Waals surface area contributed by atoms with Crippen molar-refractivity contribution in [2.75, 3.05) is 0 Å². The lowest BCUT2D eigenvalue weighted by atomic mass is 9.87. The minimum absolute atomic E-state index is 0.364. The molecule has 0 unspecified atom stereocenters. The lowest BCUT2D eigenvalue weighted by molar-refractivity contribution is 0.360. The van der Waals surface area contributed by atoms with Gasteiger partial charge in [0.1, 0.15) is 0 Å². The van der Waals surface area contributed by atoms with Crippen LogP contribution in [0.3, 0.4) is 0 Å². The highest BCUT2D eigenvalue weighted by Gasteiger charge is 2.16. The molecule has 0 saturated heterocycles. The van der Waals surface area contributed by atoms with Crippen LogP contribution in [0, 0.1) is 43.3 Å². The van der Waals surface area contributed by atoms with Crippen molar-refractivity contribution in [3.8, 4) is 0 Å². The molecule has 624 valence electrons. The Kier molecular flexibility index (Phi) is 41.6. The SMILES string of the molecule is CC(C)(C)CCCCc1ccc2ccccc2c1.CC(C)(C)CCCCc1ccccc1.CC(C)(C)CCCc1ccc2ccccc2c1.CC(C)(C)CCCc1ccccc1.CC(C)(C)CCc1ccc2ccccc2c1.CC(C)(C)CCc1ccccc1.CC(C)(C)Cc1ccc2ccccc2c1.CC(C)(C)Cc1ccccc1. The Morgan fingerprint density at radius 2 is 0.336 bits per heavy atom. The maximum Gasteiger partial charge on any atom is -0.0181 e. The lowest BCUT2D eigenvalue weighted by Crippen LogP contribution is -2.08. The largest absolute Gasteiger partial charge is 0.0622 e. The van der Waals surface area contributed by atoms with Gasteiger partial charge in [-0.2, -0.15) is 0 Å². The van der Waals surface area contributed by atoms with E-state index < -0.39 is 0 Å². The van der Waals surface area contributed by atoms with E-state index in [-0.39, 0.29) is 0 Å². The minimum atomic E-state index is 0.364. The number of rotatable bonds is 20. The lowest BCUT2D eigenvalue weighted by Gasteiger charge is -2.18. The third-order valence-electron chi connectivity index (χ3n) is 20.5. The van der Waals surface area contributed by atoms with Gasteiger partial charge in [-0.3, -0.25) is 0 Å². The standard InChI is InChI=1S/C18H24.C17H22.C16H20.C15H18.C14H22.C13H20.C12H18.C11H16/c1-18(2,3)13-7-6-8-15-11-12-16-9-4-5-10-17(16)14-15;1-17(2,3)12-6-7-14-10-11-15-8-4-5-9-16(15)13-14;1-16(2,3)11-10-13-8-9-14-6-4-5-7-15(14)12-13;1-15(2,3)11-12-8-9-13-6-4-5-7-14(13)10-12;1-14(2,3)12-8-7-11-13-9-5-4-6-10-13;1-13(2,3)11-7-10-12-8-5-4-6-9-12;1-12(2,3)10-9-11-7-5-4-6-8-11;1-11(2,3)9-10-7-5-4-6-8-10/h4-5,9-12,14H,6-8,13H2,1-3H3;4-5,8-11,13H,6-7,12H2,1-3H3;4-9,12H,10-11H2,1-3H3;4-10H,11H2,1-3H3;4-6,9-10H,7-8,11-12H2,1-3H3;4-6,8-9H,7,10-11H2,1-3H3;4-8H,9-10H2,1-3H3;4-8H,9H2,1-3H3. The van der Waals surface area contributed by atoms with Crippen molar-refractivity contribution in [3.63, 3.8) is 0 Å². The summed E-state index contributed by atoms with van der Waals surface area (Å²) in [5, 5.41) is 10.8. The van der Waals surface area contributed by atoms with Gasteiger partial charge in [0.05, 0.1) is 0 Å². The van der Waals surface area contributed by atoms with Gasteiger partial charge >= 0.3 is 0 Å². The molecule has 0 aliphatic carbocycles. The Morgan fingerprint density at radius 3 is 0.629 bits per heavy atom. The summed E-state index contributed by atoms with van der Waals surface area (Å²) in [6, 6.07) is 104. The van der Waals surface area contributed by atoms with Crippen LogP contribution < -0.4 is 0 Å². The van der Waals surface area contributed by atoms with E-state index in [4.69, 9.17) is 0 Å². The molecule has 0 aliphatic heterocycles. The molecule has 0 aromatic heterocycles. The van der Waals surface area contributed by atoms with Crippen LogP contribution >= 0.6 is 0 Å². The van der Waals surface area contributed by atoms with E-state index in [9.17, 15) is 0 Å². The molecule has 0 heteroatoms. The maximum atomic E-state index is 2.34. The molecule has 0 amide bonds. The second-order valence-corrected chi connectivity index (χ2v) is 42.6. The molecule has 0 saturated carbocycles. The van der Waals surface area contributed by atoms with Crippen LogP contribution in [-0.4, -0.2) is 0 Å². The predicted octanol–water partition coefficient (Wildman–Crippen LogP) is 35.5. The summed E-state index contributed by atoms with van der Waals surface area (Å²) in [6.45, 7) is 55.2. The zero-order valence-corrected chi connectivity index (χ0v) is 77.9. The fourth-order valence-electron chi connectivity index (χ4n) is 13.9. The van der Waals surface area contributed by atoms with Crippen molar-refractivity contribution >= 4 is 43.1 Å². The van der Waals surface area contributed by atoms with Gasteiger partial charge in [0.25, 0.3) is 0 Å². The number of fused-ring (bicyclic) bond motifs is 4. The number of benzene rings is 12. The number of hydrogen-bond donors (Lipinski definition) is 0. The Hall–Kier alpha value is -8.32. The van der Waals surface area contributed by atoms with Crippen molar-refractivity contribution in [1.29, 1.82) is 0 Å². The fraction of sp³-hybridized carbons (Fsp3) is 0.448. The van der Waals surface area contributed by atoms with Gasteiger partial charge in [-0.15, -0.1) is 0 Å². The van der Waals surface area contributed by atoms with Gasteiger partial charge in [-0.1, -0.05) is 470 Å². The fourth-order valence-corrected chi connectivity index (χ4v) is 13.9. The highest BCUT2D eigenvalue weighted by Crippen LogP contribution is 2.30. The molecule has 0 bridgehead atoms. The van der Waals surface area contributed by atoms with Gasteiger partial charge in [-0.25, -0.2) is 0 Å². The molecule has 0 nitrogen and oxygen atoms in total. The topological polar surface area (TPSA) is 0 Å². The predicted molar refractivity (Wildman–Crippen MR) is 522 cm³/mol. The highest BCUT2D eigenvalue weighted by molar-refractivity contribution is 5.85. The molecule has 0 spiro atoms. The van der Waals surface area contributed by atoms with Crippen LogP contribution in [0.25, 0.3) is 43.1 Å². The van der Waals surface area contributed by atoms with Crippen molar-refractivity contribution in [3.05, 3.63) is 336 Å². The van der Waals surface area contributed by atoms with Crippen LogP contribution in [0.15, 0.2) is 291 Å². The first-order valence-electron chi connectivity index (χ1n) is 44.6. The zero-order valence-electron chi connectivity index (χ0n) is 77.9. The normalized spacial score (nSPS) is 11.8. The summed E-state index contributed by atoms with van der Waals surface area (Å²) >= 11 is 0. The quantitative estimate of drug-likeness (QED) is 0.0667. The Labute approximate surface area is 712 Å². The molecule has 12 aromatic rings. The van der Waals surface area contributed by atoms with Crippen molar-refractivity contribution in [2.45, 2.75) is 295 Å². The second kappa shape index (κ2) is 49.2. The van der Waals surface area contributed by atoms with E-state index in [0.29, 0.717) is 43.3 Å². The zero-order chi connectivity index (χ0) is 85.3. The smallest absolute Gasteiger partial charge is 0.0181 e. The van der Waals surface area contributed by atoms with Crippen molar-refractivity contribution in [2.24, 2.45) is 43.3 Å². The monoisotopic (exact) mass is 1550 g/mol. The van der Waals surface area contributed by atoms with Gasteiger partial charge in [0.2, 0.25) is 0 Å². The van der Waals surface area contributed by atoms with Crippen LogP contribution in [0.1, 0.15) is 288 Å². The Morgan fingerprint density at radius 1 is 0.138 bits per heavy atom. The van der Waals surface area contributed by atoms with Crippen molar-refractivity contribution in [1.82, 2.24) is 0 Å². The van der Waals surface area contributed by atoms with Crippen molar-refractivity contribution < 1.29 is 0 Å². The molecule has 0 N–H and O–H groups in total. The van der Waals surface area contributed by atoms with Gasteiger partial charge in [0, 0.05) is 0 Å². The number of unbranched alkanes of at least 4 members (excludes halogenated alkanes) is 2. The summed E-state index contributed by atoms with van der Waals surface area (Å²) in [5.74, 6) is 0. The van der Waals surface area contributed by atoms with Crippen LogP contribution in [0.5, 0.6) is 0 Å². The summed E-state index contributed by atoms with van der Waals surface area (Å²) in [6.07, 6.45) is 25.2. The first kappa shape index (κ1) is 98.3. The van der Waals surface area contributed by atoms with Gasteiger partial charge in [-0.05, 0) is 246 Å². The third kappa shape index (κ3) is 47.8. The second-order valence-electron chi connectivity index (χ2n) is 42.6. The van der Waals surface area contributed by atoms with E-state index in [0.717, 1.165) is 12.8 Å². The van der Waals surface area contributed by atoms with Crippen LogP contribution in [0.2, 0.25) is 0 Å².